The van der Waals surface area contributed by atoms with Crippen molar-refractivity contribution < 1.29 is 18.3 Å². The molecule has 0 spiro atoms. The Balaban J connectivity index is 2.55. The molecular formula is C13H10F3NO. The fraction of sp³-hybridized carbons (Fsp3) is 0.154. The van der Waals surface area contributed by atoms with Gasteiger partial charge in [-0.15, -0.1) is 0 Å². The minimum absolute atomic E-state index is 0.00296. The normalized spacial score (nSPS) is 13.0. The zero-order valence-electron chi connectivity index (χ0n) is 9.49. The lowest BCUT2D eigenvalue weighted by atomic mass is 10.1. The van der Waals surface area contributed by atoms with Crippen LogP contribution in [0.15, 0.2) is 36.4 Å². The fourth-order valence-electron chi connectivity index (χ4n) is 1.59. The number of halogens is 3. The number of hydrogen-bond donors (Lipinski definition) is 1. The highest BCUT2D eigenvalue weighted by Gasteiger charge is 2.30. The highest BCUT2D eigenvalue weighted by molar-refractivity contribution is 5.81. The number of rotatable bonds is 1. The van der Waals surface area contributed by atoms with E-state index in [1.807, 2.05) is 0 Å². The van der Waals surface area contributed by atoms with Gasteiger partial charge in [-0.25, -0.2) is 4.98 Å². The largest absolute Gasteiger partial charge is 0.506 e. The first-order chi connectivity index (χ1) is 8.41. The Morgan fingerprint density at radius 2 is 1.94 bits per heavy atom. The molecule has 0 atom stereocenters. The SMILES string of the molecule is C/C=C(\O)c1ccc2cc(C(F)(F)F)ccc2n1. The summed E-state index contributed by atoms with van der Waals surface area (Å²) in [7, 11) is 0. The molecule has 2 nitrogen and oxygen atoms in total. The van der Waals surface area contributed by atoms with Gasteiger partial charge in [0, 0.05) is 5.39 Å². The second-order valence-corrected chi connectivity index (χ2v) is 3.78. The monoisotopic (exact) mass is 253 g/mol. The van der Waals surface area contributed by atoms with Gasteiger partial charge in [-0.2, -0.15) is 13.2 Å². The molecule has 1 aromatic heterocycles. The molecule has 0 aliphatic heterocycles. The second-order valence-electron chi connectivity index (χ2n) is 3.78. The van der Waals surface area contributed by atoms with E-state index in [-0.39, 0.29) is 5.76 Å². The van der Waals surface area contributed by atoms with Crippen LogP contribution in [0.5, 0.6) is 0 Å². The molecule has 5 heteroatoms. The summed E-state index contributed by atoms with van der Waals surface area (Å²) >= 11 is 0. The van der Waals surface area contributed by atoms with Crippen molar-refractivity contribution in [3.63, 3.8) is 0 Å². The molecule has 0 saturated heterocycles. The summed E-state index contributed by atoms with van der Waals surface area (Å²) in [6, 6.07) is 6.31. The Kier molecular flexibility index (Phi) is 2.98. The van der Waals surface area contributed by atoms with Gasteiger partial charge in [-0.05, 0) is 37.3 Å². The molecule has 0 unspecified atom stereocenters. The summed E-state index contributed by atoms with van der Waals surface area (Å²) in [4.78, 5) is 4.08. The molecule has 0 aliphatic rings. The van der Waals surface area contributed by atoms with Crippen molar-refractivity contribution in [2.75, 3.05) is 0 Å². The van der Waals surface area contributed by atoms with Crippen molar-refractivity contribution in [1.82, 2.24) is 4.98 Å². The van der Waals surface area contributed by atoms with Crippen molar-refractivity contribution >= 4 is 16.7 Å². The Morgan fingerprint density at radius 3 is 2.56 bits per heavy atom. The number of alkyl halides is 3. The van der Waals surface area contributed by atoms with Crippen LogP contribution in [0.2, 0.25) is 0 Å². The number of aliphatic hydroxyl groups excluding tert-OH is 1. The highest BCUT2D eigenvalue weighted by Crippen LogP contribution is 2.31. The van der Waals surface area contributed by atoms with Crippen molar-refractivity contribution in [2.24, 2.45) is 0 Å². The van der Waals surface area contributed by atoms with E-state index in [9.17, 15) is 18.3 Å². The lowest BCUT2D eigenvalue weighted by Gasteiger charge is -2.08. The first kappa shape index (κ1) is 12.4. The maximum Gasteiger partial charge on any atom is 0.416 e. The fourth-order valence-corrected chi connectivity index (χ4v) is 1.59. The van der Waals surface area contributed by atoms with Gasteiger partial charge in [0.25, 0.3) is 0 Å². The van der Waals surface area contributed by atoms with Gasteiger partial charge in [0.15, 0.2) is 0 Å². The zero-order valence-corrected chi connectivity index (χ0v) is 9.49. The molecule has 0 radical (unpaired) electrons. The van der Waals surface area contributed by atoms with Crippen molar-refractivity contribution in [1.29, 1.82) is 0 Å². The van der Waals surface area contributed by atoms with Gasteiger partial charge in [-0.1, -0.05) is 6.07 Å². The molecule has 94 valence electrons. The summed E-state index contributed by atoms with van der Waals surface area (Å²) < 4.78 is 37.5. The van der Waals surface area contributed by atoms with Crippen LogP contribution in [0.3, 0.4) is 0 Å². The molecule has 2 aromatic rings. The van der Waals surface area contributed by atoms with E-state index in [1.54, 1.807) is 6.92 Å². The van der Waals surface area contributed by atoms with Crippen LogP contribution in [0.25, 0.3) is 16.7 Å². The van der Waals surface area contributed by atoms with Crippen LogP contribution in [-0.4, -0.2) is 10.1 Å². The van der Waals surface area contributed by atoms with Crippen LogP contribution in [0.4, 0.5) is 13.2 Å². The van der Waals surface area contributed by atoms with Gasteiger partial charge in [0.1, 0.15) is 11.5 Å². The summed E-state index contributed by atoms with van der Waals surface area (Å²) in [5.74, 6) is -0.00296. The summed E-state index contributed by atoms with van der Waals surface area (Å²) in [5.41, 5.74) is 0.0402. The summed E-state index contributed by atoms with van der Waals surface area (Å²) in [5, 5.41) is 9.88. The first-order valence-corrected chi connectivity index (χ1v) is 5.25. The van der Waals surface area contributed by atoms with Crippen LogP contribution < -0.4 is 0 Å². The maximum absolute atomic E-state index is 12.5. The van der Waals surface area contributed by atoms with Crippen LogP contribution in [0.1, 0.15) is 18.2 Å². The highest BCUT2D eigenvalue weighted by atomic mass is 19.4. The van der Waals surface area contributed by atoms with E-state index in [0.29, 0.717) is 16.6 Å². The van der Waals surface area contributed by atoms with Crippen LogP contribution in [-0.2, 0) is 6.18 Å². The molecule has 2 rings (SSSR count). The predicted octanol–water partition coefficient (Wildman–Crippen LogP) is 4.17. The quantitative estimate of drug-likeness (QED) is 0.773. The number of fused-ring (bicyclic) bond motifs is 1. The average molecular weight is 253 g/mol. The number of hydrogen-bond acceptors (Lipinski definition) is 2. The number of aromatic nitrogens is 1. The Labute approximate surface area is 101 Å². The van der Waals surface area contributed by atoms with E-state index < -0.39 is 11.7 Å². The molecular weight excluding hydrogens is 243 g/mol. The predicted molar refractivity (Wildman–Crippen MR) is 63.0 cm³/mol. The van der Waals surface area contributed by atoms with E-state index in [1.165, 1.54) is 24.3 Å². The number of allylic oxidation sites excluding steroid dienone is 1. The standard InChI is InChI=1S/C13H10F3NO/c1-2-12(18)11-5-3-8-7-9(13(14,15)16)4-6-10(8)17-11/h2-7,18H,1H3/b12-2-. The lowest BCUT2D eigenvalue weighted by molar-refractivity contribution is -0.137. The number of benzene rings is 1. The molecule has 1 N–H and O–H groups in total. The van der Waals surface area contributed by atoms with E-state index in [4.69, 9.17) is 0 Å². The van der Waals surface area contributed by atoms with E-state index in [0.717, 1.165) is 12.1 Å². The van der Waals surface area contributed by atoms with Crippen LogP contribution in [0, 0.1) is 0 Å². The second kappa shape index (κ2) is 4.33. The third-order valence-electron chi connectivity index (χ3n) is 2.55. The van der Waals surface area contributed by atoms with Crippen molar-refractivity contribution in [3.8, 4) is 0 Å². The van der Waals surface area contributed by atoms with Crippen LogP contribution >= 0.6 is 0 Å². The van der Waals surface area contributed by atoms with E-state index >= 15 is 0 Å². The van der Waals surface area contributed by atoms with Crippen molar-refractivity contribution in [3.05, 3.63) is 47.7 Å². The zero-order chi connectivity index (χ0) is 13.3. The van der Waals surface area contributed by atoms with Gasteiger partial charge in [0.05, 0.1) is 11.1 Å². The molecule has 1 aromatic carbocycles. The van der Waals surface area contributed by atoms with Gasteiger partial charge < -0.3 is 5.11 Å². The topological polar surface area (TPSA) is 33.1 Å². The molecule has 18 heavy (non-hydrogen) atoms. The van der Waals surface area contributed by atoms with E-state index in [2.05, 4.69) is 4.98 Å². The average Bonchev–Trinajstić information content (AvgIpc) is 2.35. The Morgan fingerprint density at radius 1 is 1.22 bits per heavy atom. The molecule has 1 heterocycles. The molecule has 0 fully saturated rings. The summed E-state index contributed by atoms with van der Waals surface area (Å²) in [6.45, 7) is 1.65. The Bertz CT molecular complexity index is 617. The van der Waals surface area contributed by atoms with Gasteiger partial charge >= 0.3 is 6.18 Å². The molecule has 0 amide bonds. The third-order valence-corrected chi connectivity index (χ3v) is 2.55. The smallest absolute Gasteiger partial charge is 0.416 e. The minimum atomic E-state index is -4.36. The molecule has 0 saturated carbocycles. The summed E-state index contributed by atoms with van der Waals surface area (Å²) in [6.07, 6.45) is -2.89. The third kappa shape index (κ3) is 2.30. The lowest BCUT2D eigenvalue weighted by Crippen LogP contribution is -2.04. The maximum atomic E-state index is 12.5. The minimum Gasteiger partial charge on any atom is -0.506 e. The molecule has 0 aliphatic carbocycles. The Hall–Kier alpha value is -2.04. The van der Waals surface area contributed by atoms with Crippen molar-refractivity contribution in [2.45, 2.75) is 13.1 Å². The van der Waals surface area contributed by atoms with Gasteiger partial charge in [0.2, 0.25) is 0 Å². The number of pyridine rings is 1. The number of nitrogens with zero attached hydrogens (tertiary/aromatic N) is 1. The molecule has 0 bridgehead atoms. The van der Waals surface area contributed by atoms with Gasteiger partial charge in [-0.3, -0.25) is 0 Å². The first-order valence-electron chi connectivity index (χ1n) is 5.25. The number of aliphatic hydroxyl groups is 1.